The summed E-state index contributed by atoms with van der Waals surface area (Å²) in [7, 11) is 0. The molecule has 3 atom stereocenters. The third-order valence-corrected chi connectivity index (χ3v) is 2.84. The first kappa shape index (κ1) is 7.08. The molecule has 2 rings (SSSR count). The monoisotopic (exact) mass is 152 g/mol. The largest absolute Gasteiger partial charge is 0.374 e. The van der Waals surface area contributed by atoms with Crippen LogP contribution in [0.1, 0.15) is 12.8 Å². The van der Waals surface area contributed by atoms with E-state index in [2.05, 4.69) is 4.90 Å². The Morgan fingerprint density at radius 2 is 2.45 bits per heavy atom. The van der Waals surface area contributed by atoms with Gasteiger partial charge in [0, 0.05) is 19.0 Å². The van der Waals surface area contributed by atoms with Crippen LogP contribution < -0.4 is 0 Å². The number of piperidine rings is 1. The molecule has 1 N–H and O–H groups in total. The van der Waals surface area contributed by atoms with Crippen LogP contribution in [0.15, 0.2) is 0 Å². The lowest BCUT2D eigenvalue weighted by Crippen LogP contribution is -2.34. The zero-order valence-corrected chi connectivity index (χ0v) is 6.45. The Morgan fingerprint density at radius 1 is 1.64 bits per heavy atom. The predicted octanol–water partition coefficient (Wildman–Crippen LogP) is -0.0333. The number of hydrogen-bond donors (Lipinski definition) is 1. The van der Waals surface area contributed by atoms with E-state index in [1.807, 2.05) is 6.07 Å². The van der Waals surface area contributed by atoms with E-state index in [9.17, 15) is 5.11 Å². The van der Waals surface area contributed by atoms with Gasteiger partial charge in [-0.15, -0.1) is 0 Å². The minimum atomic E-state index is -1.03. The van der Waals surface area contributed by atoms with Crippen LogP contribution in [0, 0.1) is 17.2 Å². The van der Waals surface area contributed by atoms with E-state index in [-0.39, 0.29) is 5.92 Å². The maximum atomic E-state index is 9.77. The molecule has 0 saturated carbocycles. The molecule has 0 amide bonds. The summed E-state index contributed by atoms with van der Waals surface area (Å²) in [6, 6.07) is 2.03. The van der Waals surface area contributed by atoms with E-state index in [0.717, 1.165) is 25.9 Å². The van der Waals surface area contributed by atoms with Crippen molar-refractivity contribution in [1.82, 2.24) is 4.90 Å². The van der Waals surface area contributed by atoms with Crippen LogP contribution in [0.5, 0.6) is 0 Å². The molecule has 2 bridgehead atoms. The van der Waals surface area contributed by atoms with Crippen LogP contribution in [0.2, 0.25) is 0 Å². The zero-order chi connectivity index (χ0) is 7.90. The Hall–Kier alpha value is -0.590. The summed E-state index contributed by atoms with van der Waals surface area (Å²) in [5, 5.41) is 18.5. The van der Waals surface area contributed by atoms with Crippen molar-refractivity contribution in [3.05, 3.63) is 0 Å². The molecule has 2 saturated heterocycles. The SMILES string of the molecule is N#C[C@]1(O)C[N@]2CCC[C@H]1C2. The Bertz CT molecular complexity index is 211. The molecule has 2 aliphatic heterocycles. The van der Waals surface area contributed by atoms with Crippen molar-refractivity contribution in [1.29, 1.82) is 5.26 Å². The highest BCUT2D eigenvalue weighted by atomic mass is 16.3. The van der Waals surface area contributed by atoms with Crippen LogP contribution in [0.4, 0.5) is 0 Å². The van der Waals surface area contributed by atoms with E-state index in [4.69, 9.17) is 5.26 Å². The molecule has 0 aliphatic carbocycles. The third kappa shape index (κ3) is 0.943. The lowest BCUT2D eigenvalue weighted by molar-refractivity contribution is 0.0711. The first-order valence-electron chi connectivity index (χ1n) is 4.10. The van der Waals surface area contributed by atoms with Crippen LogP contribution in [-0.4, -0.2) is 35.2 Å². The summed E-state index contributed by atoms with van der Waals surface area (Å²) < 4.78 is 0. The quantitative estimate of drug-likeness (QED) is 0.496. The van der Waals surface area contributed by atoms with E-state index >= 15 is 0 Å². The summed E-state index contributed by atoms with van der Waals surface area (Å²) in [4.78, 5) is 2.18. The van der Waals surface area contributed by atoms with E-state index in [1.165, 1.54) is 0 Å². The molecular weight excluding hydrogens is 140 g/mol. The van der Waals surface area contributed by atoms with E-state index < -0.39 is 5.60 Å². The molecule has 0 aromatic heterocycles. The number of hydrogen-bond acceptors (Lipinski definition) is 3. The molecule has 2 aliphatic rings. The molecule has 0 unspecified atom stereocenters. The smallest absolute Gasteiger partial charge is 0.167 e. The van der Waals surface area contributed by atoms with Gasteiger partial charge in [0.05, 0.1) is 6.07 Å². The minimum absolute atomic E-state index is 0.209. The number of nitrogens with zero attached hydrogens (tertiary/aromatic N) is 2. The lowest BCUT2D eigenvalue weighted by Gasteiger charge is -2.22. The fraction of sp³-hybridized carbons (Fsp3) is 0.875. The van der Waals surface area contributed by atoms with Gasteiger partial charge in [-0.25, -0.2) is 0 Å². The summed E-state index contributed by atoms with van der Waals surface area (Å²) in [5.41, 5.74) is -1.03. The fourth-order valence-corrected chi connectivity index (χ4v) is 2.19. The van der Waals surface area contributed by atoms with Gasteiger partial charge in [0.1, 0.15) is 0 Å². The van der Waals surface area contributed by atoms with Crippen LogP contribution in [0.3, 0.4) is 0 Å². The van der Waals surface area contributed by atoms with Crippen molar-refractivity contribution in [2.24, 2.45) is 5.92 Å². The van der Waals surface area contributed by atoms with Crippen LogP contribution in [-0.2, 0) is 0 Å². The maximum absolute atomic E-state index is 9.77. The molecule has 0 aromatic rings. The Kier molecular flexibility index (Phi) is 1.41. The maximum Gasteiger partial charge on any atom is 0.167 e. The van der Waals surface area contributed by atoms with Gasteiger partial charge >= 0.3 is 0 Å². The number of aliphatic hydroxyl groups is 1. The highest BCUT2D eigenvalue weighted by Gasteiger charge is 2.47. The van der Waals surface area contributed by atoms with Gasteiger partial charge in [-0.05, 0) is 19.4 Å². The molecule has 3 nitrogen and oxygen atoms in total. The van der Waals surface area contributed by atoms with E-state index in [1.54, 1.807) is 0 Å². The average Bonchev–Trinajstić information content (AvgIpc) is 2.25. The van der Waals surface area contributed by atoms with Crippen molar-refractivity contribution in [3.8, 4) is 6.07 Å². The molecule has 2 heterocycles. The fourth-order valence-electron chi connectivity index (χ4n) is 2.19. The van der Waals surface area contributed by atoms with Gasteiger partial charge in [-0.3, -0.25) is 4.90 Å². The second-order valence-corrected chi connectivity index (χ2v) is 3.61. The minimum Gasteiger partial charge on any atom is -0.374 e. The molecule has 0 spiro atoms. The van der Waals surface area contributed by atoms with Crippen molar-refractivity contribution in [2.45, 2.75) is 18.4 Å². The Morgan fingerprint density at radius 3 is 3.09 bits per heavy atom. The highest BCUT2D eigenvalue weighted by Crippen LogP contribution is 2.34. The van der Waals surface area contributed by atoms with Crippen molar-refractivity contribution < 1.29 is 5.11 Å². The normalized spacial score (nSPS) is 48.7. The van der Waals surface area contributed by atoms with Gasteiger partial charge < -0.3 is 5.11 Å². The standard InChI is InChI=1S/C8H12N2O/c9-5-8(11)6-10-3-1-2-7(8)4-10/h7,11H,1-4,6H2/t7-,8-/m0/s1. The van der Waals surface area contributed by atoms with Gasteiger partial charge in [-0.2, -0.15) is 5.26 Å². The number of rotatable bonds is 0. The van der Waals surface area contributed by atoms with Gasteiger partial charge in [-0.1, -0.05) is 0 Å². The molecular formula is C8H12N2O. The second-order valence-electron chi connectivity index (χ2n) is 3.61. The molecule has 3 heteroatoms. The summed E-state index contributed by atoms with van der Waals surface area (Å²) in [6.07, 6.45) is 2.15. The Balaban J connectivity index is 2.22. The Labute approximate surface area is 66.2 Å². The van der Waals surface area contributed by atoms with Crippen LogP contribution >= 0.6 is 0 Å². The lowest BCUT2D eigenvalue weighted by atomic mass is 9.88. The zero-order valence-electron chi connectivity index (χ0n) is 6.45. The summed E-state index contributed by atoms with van der Waals surface area (Å²) in [5.74, 6) is 0.209. The van der Waals surface area contributed by atoms with Crippen molar-refractivity contribution in [2.75, 3.05) is 19.6 Å². The predicted molar refractivity (Wildman–Crippen MR) is 39.7 cm³/mol. The summed E-state index contributed by atoms with van der Waals surface area (Å²) in [6.45, 7) is 2.54. The van der Waals surface area contributed by atoms with Crippen molar-refractivity contribution in [3.63, 3.8) is 0 Å². The van der Waals surface area contributed by atoms with Crippen LogP contribution in [0.25, 0.3) is 0 Å². The molecule has 0 radical (unpaired) electrons. The second kappa shape index (κ2) is 2.20. The number of nitriles is 1. The first-order chi connectivity index (χ1) is 5.24. The molecule has 60 valence electrons. The topological polar surface area (TPSA) is 47.3 Å². The van der Waals surface area contributed by atoms with E-state index in [0.29, 0.717) is 6.54 Å². The third-order valence-electron chi connectivity index (χ3n) is 2.84. The molecule has 11 heavy (non-hydrogen) atoms. The molecule has 0 aromatic carbocycles. The molecule has 2 fully saturated rings. The van der Waals surface area contributed by atoms with Crippen molar-refractivity contribution >= 4 is 0 Å². The van der Waals surface area contributed by atoms with Gasteiger partial charge in [0.25, 0.3) is 0 Å². The van der Waals surface area contributed by atoms with Gasteiger partial charge in [0.2, 0.25) is 0 Å². The number of fused-ring (bicyclic) bond motifs is 2. The average molecular weight is 152 g/mol. The van der Waals surface area contributed by atoms with Gasteiger partial charge in [0.15, 0.2) is 5.60 Å². The highest BCUT2D eigenvalue weighted by molar-refractivity contribution is 5.12. The summed E-state index contributed by atoms with van der Waals surface area (Å²) >= 11 is 0. The first-order valence-corrected chi connectivity index (χ1v) is 4.10.